The number of hydrogen-bond donors (Lipinski definition) is 2. The van der Waals surface area contributed by atoms with E-state index in [2.05, 4.69) is 42.5 Å². The number of amides is 1. The van der Waals surface area contributed by atoms with Crippen LogP contribution in [0.25, 0.3) is 0 Å². The third-order valence-electron chi connectivity index (χ3n) is 4.26. The zero-order valence-electron chi connectivity index (χ0n) is 16.2. The van der Waals surface area contributed by atoms with Gasteiger partial charge in [0.1, 0.15) is 5.69 Å². The molecule has 140 valence electrons. The molecule has 5 heteroatoms. The molecule has 0 aliphatic carbocycles. The lowest BCUT2D eigenvalue weighted by Gasteiger charge is -2.23. The Labute approximate surface area is 165 Å². The lowest BCUT2D eigenvalue weighted by atomic mass is 9.86. The molecule has 28 heavy (non-hydrogen) atoms. The summed E-state index contributed by atoms with van der Waals surface area (Å²) in [7, 11) is 0. The Bertz CT molecular complexity index is 1040. The van der Waals surface area contributed by atoms with E-state index < -0.39 is 0 Å². The van der Waals surface area contributed by atoms with Crippen LogP contribution in [0.1, 0.15) is 42.4 Å². The summed E-state index contributed by atoms with van der Waals surface area (Å²) in [6.45, 7) is 6.32. The first kappa shape index (κ1) is 19.1. The summed E-state index contributed by atoms with van der Waals surface area (Å²) in [5.74, 6) is -0.272. The number of nitrogens with zero attached hydrogens (tertiary/aromatic N) is 2. The van der Waals surface area contributed by atoms with Crippen LogP contribution in [-0.2, 0) is 5.41 Å². The van der Waals surface area contributed by atoms with E-state index in [0.29, 0.717) is 11.3 Å². The first-order chi connectivity index (χ1) is 13.4. The lowest BCUT2D eigenvalue weighted by molar-refractivity contribution is 0.102. The van der Waals surface area contributed by atoms with Gasteiger partial charge >= 0.3 is 0 Å². The molecule has 0 unspecified atom stereocenters. The maximum Gasteiger partial charge on any atom is 0.274 e. The Morgan fingerprint density at radius 1 is 1.00 bits per heavy atom. The van der Waals surface area contributed by atoms with Crippen molar-refractivity contribution in [1.29, 1.82) is 5.26 Å². The molecule has 0 fully saturated rings. The second kappa shape index (κ2) is 7.93. The van der Waals surface area contributed by atoms with Gasteiger partial charge in [0.05, 0.1) is 11.6 Å². The molecule has 0 atom stereocenters. The second-order valence-electron chi connectivity index (χ2n) is 7.50. The first-order valence-corrected chi connectivity index (χ1v) is 9.01. The number of aromatic nitrogens is 1. The molecule has 1 amide bonds. The minimum atomic E-state index is -0.272. The Morgan fingerprint density at radius 2 is 1.75 bits per heavy atom. The van der Waals surface area contributed by atoms with E-state index in [4.69, 9.17) is 5.26 Å². The Hall–Kier alpha value is -3.65. The molecule has 0 aliphatic rings. The smallest absolute Gasteiger partial charge is 0.274 e. The molecule has 0 aliphatic heterocycles. The van der Waals surface area contributed by atoms with Gasteiger partial charge in [-0.3, -0.25) is 9.78 Å². The van der Waals surface area contributed by atoms with Gasteiger partial charge in [-0.05, 0) is 47.4 Å². The Kier molecular flexibility index (Phi) is 5.42. The van der Waals surface area contributed by atoms with Crippen molar-refractivity contribution in [3.05, 3.63) is 83.7 Å². The fourth-order valence-corrected chi connectivity index (χ4v) is 2.90. The largest absolute Gasteiger partial charge is 0.355 e. The van der Waals surface area contributed by atoms with Crippen LogP contribution in [0.3, 0.4) is 0 Å². The summed E-state index contributed by atoms with van der Waals surface area (Å²) >= 11 is 0. The van der Waals surface area contributed by atoms with Gasteiger partial charge in [0.2, 0.25) is 0 Å². The van der Waals surface area contributed by atoms with Gasteiger partial charge in [0.25, 0.3) is 5.91 Å². The molecule has 2 aromatic carbocycles. The average molecular weight is 370 g/mol. The highest BCUT2D eigenvalue weighted by atomic mass is 16.1. The normalized spacial score (nSPS) is 10.8. The standard InChI is InChI=1S/C23H22N4O/c1-23(2,3)19-9-4-5-10-20(19)27-22(28)21-14-18(11-12-25-21)26-17-8-6-7-16(13-17)15-24/h4-14H,1-3H3,(H,25,26)(H,27,28). The Morgan fingerprint density at radius 3 is 2.50 bits per heavy atom. The third kappa shape index (κ3) is 4.54. The first-order valence-electron chi connectivity index (χ1n) is 9.01. The molecule has 1 heterocycles. The van der Waals surface area contributed by atoms with E-state index in [9.17, 15) is 4.79 Å². The zero-order chi connectivity index (χ0) is 20.1. The van der Waals surface area contributed by atoms with Crippen molar-refractivity contribution >= 4 is 23.0 Å². The van der Waals surface area contributed by atoms with E-state index in [1.807, 2.05) is 30.3 Å². The number of nitriles is 1. The van der Waals surface area contributed by atoms with Crippen molar-refractivity contribution in [2.75, 3.05) is 10.6 Å². The fraction of sp³-hybridized carbons (Fsp3) is 0.174. The van der Waals surface area contributed by atoms with E-state index >= 15 is 0 Å². The molecule has 3 aromatic rings. The van der Waals surface area contributed by atoms with Crippen LogP contribution in [0.15, 0.2) is 66.9 Å². The van der Waals surface area contributed by atoms with Crippen molar-refractivity contribution in [2.45, 2.75) is 26.2 Å². The molecule has 1 aromatic heterocycles. The topological polar surface area (TPSA) is 77.8 Å². The number of pyridine rings is 1. The van der Waals surface area contributed by atoms with Crippen molar-refractivity contribution in [1.82, 2.24) is 4.98 Å². The minimum Gasteiger partial charge on any atom is -0.355 e. The maximum absolute atomic E-state index is 12.8. The molecular weight excluding hydrogens is 348 g/mol. The fourth-order valence-electron chi connectivity index (χ4n) is 2.90. The number of carbonyl (C=O) groups excluding carboxylic acids is 1. The molecule has 5 nitrogen and oxygen atoms in total. The van der Waals surface area contributed by atoms with Gasteiger partial charge in [-0.1, -0.05) is 45.0 Å². The van der Waals surface area contributed by atoms with Crippen LogP contribution < -0.4 is 10.6 Å². The van der Waals surface area contributed by atoms with Gasteiger partial charge in [-0.15, -0.1) is 0 Å². The monoisotopic (exact) mass is 370 g/mol. The van der Waals surface area contributed by atoms with Gasteiger partial charge in [0.15, 0.2) is 0 Å². The SMILES string of the molecule is CC(C)(C)c1ccccc1NC(=O)c1cc(Nc2cccc(C#N)c2)ccn1. The molecule has 0 saturated heterocycles. The van der Waals surface area contributed by atoms with Crippen molar-refractivity contribution < 1.29 is 4.79 Å². The van der Waals surface area contributed by atoms with Gasteiger partial charge in [-0.2, -0.15) is 5.26 Å². The van der Waals surface area contributed by atoms with Crippen molar-refractivity contribution in [3.8, 4) is 6.07 Å². The summed E-state index contributed by atoms with van der Waals surface area (Å²) in [6, 6.07) is 20.5. The predicted molar refractivity (Wildman–Crippen MR) is 112 cm³/mol. The number of hydrogen-bond acceptors (Lipinski definition) is 4. The summed E-state index contributed by atoms with van der Waals surface area (Å²) in [5, 5.41) is 15.2. The third-order valence-corrected chi connectivity index (χ3v) is 4.26. The molecular formula is C23H22N4O. The van der Waals surface area contributed by atoms with Crippen LogP contribution >= 0.6 is 0 Å². The van der Waals surface area contributed by atoms with E-state index in [0.717, 1.165) is 22.6 Å². The number of anilines is 3. The Balaban J connectivity index is 1.81. The van der Waals surface area contributed by atoms with Gasteiger partial charge in [-0.25, -0.2) is 0 Å². The molecule has 3 rings (SSSR count). The van der Waals surface area contributed by atoms with E-state index in [1.54, 1.807) is 36.5 Å². The van der Waals surface area contributed by atoms with Gasteiger partial charge in [0, 0.05) is 23.3 Å². The number of nitrogens with one attached hydrogen (secondary N) is 2. The number of benzene rings is 2. The van der Waals surface area contributed by atoms with Crippen LogP contribution in [0.4, 0.5) is 17.1 Å². The van der Waals surface area contributed by atoms with Gasteiger partial charge < -0.3 is 10.6 Å². The second-order valence-corrected chi connectivity index (χ2v) is 7.50. The quantitative estimate of drug-likeness (QED) is 0.658. The average Bonchev–Trinajstić information content (AvgIpc) is 2.68. The highest BCUT2D eigenvalue weighted by molar-refractivity contribution is 6.04. The summed E-state index contributed by atoms with van der Waals surface area (Å²) in [5.41, 5.74) is 4.12. The maximum atomic E-state index is 12.8. The highest BCUT2D eigenvalue weighted by Crippen LogP contribution is 2.29. The molecule has 2 N–H and O–H groups in total. The number of rotatable bonds is 4. The molecule has 0 radical (unpaired) electrons. The van der Waals surface area contributed by atoms with E-state index in [-0.39, 0.29) is 11.3 Å². The van der Waals surface area contributed by atoms with Crippen molar-refractivity contribution in [3.63, 3.8) is 0 Å². The lowest BCUT2D eigenvalue weighted by Crippen LogP contribution is -2.19. The minimum absolute atomic E-state index is 0.0908. The highest BCUT2D eigenvalue weighted by Gasteiger charge is 2.19. The van der Waals surface area contributed by atoms with Crippen LogP contribution in [0, 0.1) is 11.3 Å². The van der Waals surface area contributed by atoms with Crippen LogP contribution in [0.2, 0.25) is 0 Å². The zero-order valence-corrected chi connectivity index (χ0v) is 16.2. The van der Waals surface area contributed by atoms with Crippen molar-refractivity contribution in [2.24, 2.45) is 0 Å². The van der Waals surface area contributed by atoms with E-state index in [1.165, 1.54) is 0 Å². The summed E-state index contributed by atoms with van der Waals surface area (Å²) in [4.78, 5) is 17.0. The van der Waals surface area contributed by atoms with Crippen LogP contribution in [0.5, 0.6) is 0 Å². The van der Waals surface area contributed by atoms with Crippen LogP contribution in [-0.4, -0.2) is 10.9 Å². The molecule has 0 spiro atoms. The molecule has 0 saturated carbocycles. The molecule has 0 bridgehead atoms. The summed E-state index contributed by atoms with van der Waals surface area (Å²) < 4.78 is 0. The number of carbonyl (C=O) groups is 1. The predicted octanol–water partition coefficient (Wildman–Crippen LogP) is 5.25. The number of para-hydroxylation sites is 1. The summed E-state index contributed by atoms with van der Waals surface area (Å²) in [6.07, 6.45) is 1.58.